The lowest BCUT2D eigenvalue weighted by molar-refractivity contribution is 0.444. The summed E-state index contributed by atoms with van der Waals surface area (Å²) < 4.78 is 0. The lowest BCUT2D eigenvalue weighted by Gasteiger charge is -2.11. The maximum atomic E-state index is 10.5. The maximum absolute atomic E-state index is 10.5. The predicted molar refractivity (Wildman–Crippen MR) is 104 cm³/mol. The zero-order chi connectivity index (χ0) is 17.6. The van der Waals surface area contributed by atoms with Gasteiger partial charge in [0.15, 0.2) is 0 Å². The number of benzene rings is 1. The molecule has 0 radical (unpaired) electrons. The van der Waals surface area contributed by atoms with Crippen LogP contribution in [0.3, 0.4) is 0 Å². The fourth-order valence-corrected chi connectivity index (χ4v) is 3.31. The smallest absolute Gasteiger partial charge is 0.122 e. The van der Waals surface area contributed by atoms with Gasteiger partial charge < -0.3 is 10.2 Å². The third-order valence-electron chi connectivity index (χ3n) is 4.85. The van der Waals surface area contributed by atoms with Crippen LogP contribution in [-0.2, 0) is 12.8 Å². The van der Waals surface area contributed by atoms with Gasteiger partial charge in [0.1, 0.15) is 11.5 Å². The van der Waals surface area contributed by atoms with E-state index in [4.69, 9.17) is 0 Å². The van der Waals surface area contributed by atoms with Gasteiger partial charge in [0.05, 0.1) is 0 Å². The molecule has 0 bridgehead atoms. The van der Waals surface area contributed by atoms with E-state index in [0.29, 0.717) is 11.5 Å². The number of hydrogen-bond donors (Lipinski definition) is 2. The van der Waals surface area contributed by atoms with Crippen LogP contribution in [0.5, 0.6) is 11.5 Å². The van der Waals surface area contributed by atoms with E-state index in [2.05, 4.69) is 13.8 Å². The van der Waals surface area contributed by atoms with E-state index in [0.717, 1.165) is 36.8 Å². The van der Waals surface area contributed by atoms with Crippen molar-refractivity contribution in [2.24, 2.45) is 0 Å². The van der Waals surface area contributed by atoms with Gasteiger partial charge in [-0.1, -0.05) is 78.1 Å². The first kappa shape index (κ1) is 20.9. The Kier molecular flexibility index (Phi) is 11.4. The van der Waals surface area contributed by atoms with Crippen LogP contribution in [0.25, 0.3) is 0 Å². The fourth-order valence-electron chi connectivity index (χ4n) is 3.31. The average Bonchev–Trinajstić information content (AvgIpc) is 2.57. The zero-order valence-corrected chi connectivity index (χ0v) is 15.9. The Morgan fingerprint density at radius 1 is 0.583 bits per heavy atom. The van der Waals surface area contributed by atoms with E-state index in [-0.39, 0.29) is 0 Å². The van der Waals surface area contributed by atoms with E-state index in [1.54, 1.807) is 12.1 Å². The molecule has 1 aromatic carbocycles. The number of unbranched alkanes of at least 4 members (excludes halogenated alkanes) is 10. The van der Waals surface area contributed by atoms with Crippen molar-refractivity contribution in [1.82, 2.24) is 0 Å². The number of aromatic hydroxyl groups is 2. The van der Waals surface area contributed by atoms with Crippen LogP contribution in [-0.4, -0.2) is 10.2 Å². The summed E-state index contributed by atoms with van der Waals surface area (Å²) >= 11 is 0. The van der Waals surface area contributed by atoms with Gasteiger partial charge in [-0.15, -0.1) is 0 Å². The average molecular weight is 335 g/mol. The summed E-state index contributed by atoms with van der Waals surface area (Å²) in [5, 5.41) is 20.4. The first-order chi connectivity index (χ1) is 11.7. The number of phenolic OH excluding ortho intramolecular Hbond substituents is 2. The summed E-state index contributed by atoms with van der Waals surface area (Å²) in [6.07, 6.45) is 16.7. The highest BCUT2D eigenvalue weighted by molar-refractivity contribution is 5.46. The molecular formula is C22H38O2. The van der Waals surface area contributed by atoms with E-state index < -0.39 is 0 Å². The molecule has 0 amide bonds. The Labute approximate surface area is 149 Å². The molecule has 0 saturated carbocycles. The number of phenols is 2. The fraction of sp³-hybridized carbons (Fsp3) is 0.727. The minimum atomic E-state index is 0.301. The van der Waals surface area contributed by atoms with Gasteiger partial charge in [-0.05, 0) is 48.9 Å². The molecule has 0 aliphatic carbocycles. The highest BCUT2D eigenvalue weighted by Gasteiger charge is 2.10. The van der Waals surface area contributed by atoms with Crippen LogP contribution in [0, 0.1) is 0 Å². The van der Waals surface area contributed by atoms with Gasteiger partial charge >= 0.3 is 0 Å². The lowest BCUT2D eigenvalue weighted by atomic mass is 9.98. The molecule has 1 aromatic rings. The van der Waals surface area contributed by atoms with E-state index in [9.17, 15) is 10.2 Å². The summed E-state index contributed by atoms with van der Waals surface area (Å²) in [6, 6.07) is 3.48. The number of hydrogen-bond acceptors (Lipinski definition) is 2. The predicted octanol–water partition coefficient (Wildman–Crippen LogP) is 6.90. The van der Waals surface area contributed by atoms with E-state index >= 15 is 0 Å². The summed E-state index contributed by atoms with van der Waals surface area (Å²) in [4.78, 5) is 0. The topological polar surface area (TPSA) is 40.5 Å². The van der Waals surface area contributed by atoms with Crippen molar-refractivity contribution in [3.8, 4) is 11.5 Å². The normalized spacial score (nSPS) is 11.1. The van der Waals surface area contributed by atoms with Crippen LogP contribution in [0.2, 0.25) is 0 Å². The molecular weight excluding hydrogens is 296 g/mol. The van der Waals surface area contributed by atoms with Gasteiger partial charge in [0.25, 0.3) is 0 Å². The quantitative estimate of drug-likeness (QED) is 0.287. The van der Waals surface area contributed by atoms with Gasteiger partial charge in [-0.25, -0.2) is 0 Å². The SMILES string of the molecule is CCCCCCCCc1cc(O)cc(CCCCCCCC)c1O. The van der Waals surface area contributed by atoms with Gasteiger partial charge in [-0.3, -0.25) is 0 Å². The Balaban J connectivity index is 2.39. The van der Waals surface area contributed by atoms with Crippen LogP contribution >= 0.6 is 0 Å². The molecule has 0 aliphatic heterocycles. The van der Waals surface area contributed by atoms with Crippen molar-refractivity contribution in [2.45, 2.75) is 104 Å². The van der Waals surface area contributed by atoms with Crippen molar-refractivity contribution >= 4 is 0 Å². The third kappa shape index (κ3) is 8.61. The molecule has 2 nitrogen and oxygen atoms in total. The summed E-state index contributed by atoms with van der Waals surface area (Å²) in [5.74, 6) is 0.727. The Morgan fingerprint density at radius 2 is 0.958 bits per heavy atom. The second-order valence-electron chi connectivity index (χ2n) is 7.15. The zero-order valence-electron chi connectivity index (χ0n) is 15.9. The van der Waals surface area contributed by atoms with Crippen molar-refractivity contribution < 1.29 is 10.2 Å². The van der Waals surface area contributed by atoms with Gasteiger partial charge in [-0.2, -0.15) is 0 Å². The first-order valence-corrected chi connectivity index (χ1v) is 10.2. The van der Waals surface area contributed by atoms with Crippen LogP contribution in [0.4, 0.5) is 0 Å². The Morgan fingerprint density at radius 3 is 1.38 bits per heavy atom. The molecule has 24 heavy (non-hydrogen) atoms. The lowest BCUT2D eigenvalue weighted by Crippen LogP contribution is -1.94. The standard InChI is InChI=1S/C22H38O2/c1-3-5-7-9-11-13-15-19-17-21(23)18-20(22(19)24)16-14-12-10-8-6-4-2/h17-18,23-24H,3-16H2,1-2H3. The molecule has 138 valence electrons. The molecule has 0 atom stereocenters. The molecule has 1 rings (SSSR count). The minimum Gasteiger partial charge on any atom is -0.508 e. The van der Waals surface area contributed by atoms with E-state index in [1.165, 1.54) is 64.2 Å². The number of rotatable bonds is 14. The minimum absolute atomic E-state index is 0.301. The molecule has 0 spiro atoms. The third-order valence-corrected chi connectivity index (χ3v) is 4.85. The Bertz CT molecular complexity index is 403. The largest absolute Gasteiger partial charge is 0.508 e. The summed E-state index contributed by atoms with van der Waals surface area (Å²) in [7, 11) is 0. The van der Waals surface area contributed by atoms with Crippen molar-refractivity contribution in [3.63, 3.8) is 0 Å². The van der Waals surface area contributed by atoms with E-state index in [1.807, 2.05) is 0 Å². The van der Waals surface area contributed by atoms with Gasteiger partial charge in [0.2, 0.25) is 0 Å². The van der Waals surface area contributed by atoms with Crippen LogP contribution < -0.4 is 0 Å². The van der Waals surface area contributed by atoms with Crippen LogP contribution in [0.15, 0.2) is 12.1 Å². The Hall–Kier alpha value is -1.18. The first-order valence-electron chi connectivity index (χ1n) is 10.2. The highest BCUT2D eigenvalue weighted by atomic mass is 16.3. The van der Waals surface area contributed by atoms with Crippen LogP contribution in [0.1, 0.15) is 102 Å². The highest BCUT2D eigenvalue weighted by Crippen LogP contribution is 2.30. The molecule has 0 aliphatic rings. The summed E-state index contributed by atoms with van der Waals surface area (Å²) in [5.41, 5.74) is 1.85. The number of aryl methyl sites for hydroxylation is 2. The molecule has 0 fully saturated rings. The monoisotopic (exact) mass is 334 g/mol. The summed E-state index contributed by atoms with van der Waals surface area (Å²) in [6.45, 7) is 4.46. The molecule has 0 aromatic heterocycles. The second kappa shape index (κ2) is 13.1. The molecule has 2 heteroatoms. The van der Waals surface area contributed by atoms with Crippen molar-refractivity contribution in [2.75, 3.05) is 0 Å². The molecule has 0 unspecified atom stereocenters. The molecule has 0 saturated heterocycles. The van der Waals surface area contributed by atoms with Crippen molar-refractivity contribution in [1.29, 1.82) is 0 Å². The van der Waals surface area contributed by atoms with Crippen molar-refractivity contribution in [3.05, 3.63) is 23.3 Å². The second-order valence-corrected chi connectivity index (χ2v) is 7.15. The van der Waals surface area contributed by atoms with Gasteiger partial charge in [0, 0.05) is 0 Å². The molecule has 2 N–H and O–H groups in total. The maximum Gasteiger partial charge on any atom is 0.122 e. The molecule has 0 heterocycles.